The van der Waals surface area contributed by atoms with Crippen LogP contribution in [0.1, 0.15) is 22.2 Å². The number of hydrogen-bond acceptors (Lipinski definition) is 4. The number of ether oxygens (including phenoxy) is 1. The number of para-hydroxylation sites is 1. The first-order chi connectivity index (χ1) is 9.29. The number of carbonyl (C=O) groups excluding carboxylic acids is 1. The second-order valence-corrected chi connectivity index (χ2v) is 5.46. The molecule has 1 aromatic heterocycles. The highest BCUT2D eigenvalue weighted by Crippen LogP contribution is 2.39. The molecule has 1 aromatic carbocycles. The van der Waals surface area contributed by atoms with Crippen LogP contribution in [0.5, 0.6) is 0 Å². The molecule has 20 heavy (non-hydrogen) atoms. The molecule has 1 aliphatic rings. The average molecular weight is 310 g/mol. The summed E-state index contributed by atoms with van der Waals surface area (Å²) in [5.74, 6) is -0.217. The van der Waals surface area contributed by atoms with Crippen LogP contribution < -0.4 is 5.32 Å². The lowest BCUT2D eigenvalue weighted by molar-refractivity contribution is 0.0532. The van der Waals surface area contributed by atoms with Gasteiger partial charge in [0.25, 0.3) is 0 Å². The summed E-state index contributed by atoms with van der Waals surface area (Å²) in [5, 5.41) is 3.42. The molecule has 1 N–H and O–H groups in total. The Morgan fingerprint density at radius 1 is 1.40 bits per heavy atom. The third-order valence-electron chi connectivity index (χ3n) is 3.17. The van der Waals surface area contributed by atoms with Crippen LogP contribution in [-0.2, 0) is 11.2 Å². The number of anilines is 1. The third kappa shape index (κ3) is 2.67. The van der Waals surface area contributed by atoms with Gasteiger partial charge in [-0.2, -0.15) is 0 Å². The number of fused-ring (bicyclic) bond motifs is 3. The van der Waals surface area contributed by atoms with Crippen LogP contribution >= 0.6 is 23.7 Å². The van der Waals surface area contributed by atoms with E-state index in [1.807, 2.05) is 25.1 Å². The molecule has 0 amide bonds. The summed E-state index contributed by atoms with van der Waals surface area (Å²) < 4.78 is 5.08. The SMILES string of the molecule is CCOC(=O)c1cc2c(s1)-c1ccccc1NCC2.Cl. The Morgan fingerprint density at radius 3 is 3.00 bits per heavy atom. The Morgan fingerprint density at radius 2 is 2.20 bits per heavy atom. The summed E-state index contributed by atoms with van der Waals surface area (Å²) in [4.78, 5) is 13.7. The third-order valence-corrected chi connectivity index (χ3v) is 4.36. The van der Waals surface area contributed by atoms with E-state index in [1.54, 1.807) is 0 Å². The number of nitrogens with one attached hydrogen (secondary N) is 1. The van der Waals surface area contributed by atoms with Crippen molar-refractivity contribution in [3.8, 4) is 10.4 Å². The number of thiophene rings is 1. The van der Waals surface area contributed by atoms with E-state index < -0.39 is 0 Å². The normalized spacial score (nSPS) is 12.2. The van der Waals surface area contributed by atoms with E-state index in [2.05, 4.69) is 17.4 Å². The minimum absolute atomic E-state index is 0. The number of hydrogen-bond donors (Lipinski definition) is 1. The van der Waals surface area contributed by atoms with Crippen molar-refractivity contribution in [1.82, 2.24) is 0 Å². The van der Waals surface area contributed by atoms with E-state index in [-0.39, 0.29) is 18.4 Å². The molecule has 1 aliphatic heterocycles. The van der Waals surface area contributed by atoms with Crippen molar-refractivity contribution in [3.05, 3.63) is 40.8 Å². The molecule has 5 heteroatoms. The molecule has 3 rings (SSSR count). The first kappa shape index (κ1) is 14.9. The molecule has 3 nitrogen and oxygen atoms in total. The molecule has 0 spiro atoms. The predicted octanol–water partition coefficient (Wildman–Crippen LogP) is 3.98. The number of rotatable bonds is 2. The van der Waals surface area contributed by atoms with E-state index in [0.717, 1.165) is 18.7 Å². The van der Waals surface area contributed by atoms with Crippen LogP contribution in [0.2, 0.25) is 0 Å². The van der Waals surface area contributed by atoms with Gasteiger partial charge in [0.2, 0.25) is 0 Å². The van der Waals surface area contributed by atoms with Gasteiger partial charge in [-0.1, -0.05) is 18.2 Å². The highest BCUT2D eigenvalue weighted by atomic mass is 35.5. The second kappa shape index (κ2) is 6.29. The quantitative estimate of drug-likeness (QED) is 0.853. The molecule has 0 unspecified atom stereocenters. The molecule has 0 radical (unpaired) electrons. The van der Waals surface area contributed by atoms with Crippen molar-refractivity contribution in [2.75, 3.05) is 18.5 Å². The van der Waals surface area contributed by atoms with Gasteiger partial charge in [-0.3, -0.25) is 0 Å². The van der Waals surface area contributed by atoms with Gasteiger partial charge in [0, 0.05) is 22.7 Å². The predicted molar refractivity (Wildman–Crippen MR) is 85.2 cm³/mol. The molecule has 0 atom stereocenters. The smallest absolute Gasteiger partial charge is 0.348 e. The lowest BCUT2D eigenvalue weighted by Gasteiger charge is -2.06. The van der Waals surface area contributed by atoms with Crippen LogP contribution in [0.15, 0.2) is 30.3 Å². The number of carbonyl (C=O) groups is 1. The molecule has 0 aliphatic carbocycles. The van der Waals surface area contributed by atoms with Gasteiger partial charge < -0.3 is 10.1 Å². The van der Waals surface area contributed by atoms with Crippen molar-refractivity contribution in [2.24, 2.45) is 0 Å². The highest BCUT2D eigenvalue weighted by Gasteiger charge is 2.20. The molecule has 0 saturated carbocycles. The molecular weight excluding hydrogens is 294 g/mol. The Kier molecular flexibility index (Phi) is 4.68. The Labute approximate surface area is 128 Å². The van der Waals surface area contributed by atoms with Gasteiger partial charge in [-0.25, -0.2) is 4.79 Å². The first-order valence-electron chi connectivity index (χ1n) is 6.42. The van der Waals surface area contributed by atoms with Gasteiger partial charge in [0.1, 0.15) is 4.88 Å². The molecular formula is C15H16ClNO2S. The second-order valence-electron chi connectivity index (χ2n) is 4.41. The minimum Gasteiger partial charge on any atom is -0.462 e. The zero-order valence-corrected chi connectivity index (χ0v) is 12.8. The van der Waals surface area contributed by atoms with Crippen LogP contribution in [0.4, 0.5) is 5.69 Å². The van der Waals surface area contributed by atoms with E-state index in [0.29, 0.717) is 11.5 Å². The van der Waals surface area contributed by atoms with Gasteiger partial charge in [0.15, 0.2) is 0 Å². The molecule has 2 aromatic rings. The zero-order chi connectivity index (χ0) is 13.2. The molecule has 0 saturated heterocycles. The summed E-state index contributed by atoms with van der Waals surface area (Å²) in [6.07, 6.45) is 0.930. The Balaban J connectivity index is 0.00000147. The van der Waals surface area contributed by atoms with Crippen LogP contribution in [0.25, 0.3) is 10.4 Å². The maximum Gasteiger partial charge on any atom is 0.348 e. The summed E-state index contributed by atoms with van der Waals surface area (Å²) in [6.45, 7) is 3.14. The highest BCUT2D eigenvalue weighted by molar-refractivity contribution is 7.17. The summed E-state index contributed by atoms with van der Waals surface area (Å²) in [5.41, 5.74) is 3.54. The lowest BCUT2D eigenvalue weighted by atomic mass is 10.1. The van der Waals surface area contributed by atoms with Crippen LogP contribution in [-0.4, -0.2) is 19.1 Å². The van der Waals surface area contributed by atoms with Crippen molar-refractivity contribution in [1.29, 1.82) is 0 Å². The number of halogens is 1. The number of benzene rings is 1. The van der Waals surface area contributed by atoms with Gasteiger partial charge >= 0.3 is 5.97 Å². The summed E-state index contributed by atoms with van der Waals surface area (Å²) in [7, 11) is 0. The maximum atomic E-state index is 11.8. The number of esters is 1. The standard InChI is InChI=1S/C15H15NO2S.ClH/c1-2-18-15(17)13-9-10-7-8-16-12-6-4-3-5-11(12)14(10)19-13;/h3-6,9,16H,2,7-8H2,1H3;1H. The van der Waals surface area contributed by atoms with E-state index in [4.69, 9.17) is 4.74 Å². The molecule has 2 heterocycles. The zero-order valence-electron chi connectivity index (χ0n) is 11.1. The van der Waals surface area contributed by atoms with E-state index in [9.17, 15) is 4.79 Å². The topological polar surface area (TPSA) is 38.3 Å². The average Bonchev–Trinajstić information content (AvgIpc) is 2.77. The van der Waals surface area contributed by atoms with Crippen molar-refractivity contribution < 1.29 is 9.53 Å². The van der Waals surface area contributed by atoms with Crippen LogP contribution in [0, 0.1) is 0 Å². The fourth-order valence-corrected chi connectivity index (χ4v) is 3.46. The summed E-state index contributed by atoms with van der Waals surface area (Å²) >= 11 is 1.52. The van der Waals surface area contributed by atoms with Crippen molar-refractivity contribution in [3.63, 3.8) is 0 Å². The summed E-state index contributed by atoms with van der Waals surface area (Å²) in [6, 6.07) is 10.2. The van der Waals surface area contributed by atoms with E-state index >= 15 is 0 Å². The van der Waals surface area contributed by atoms with Gasteiger partial charge in [0.05, 0.1) is 6.61 Å². The molecule has 106 valence electrons. The molecule has 0 fully saturated rings. The lowest BCUT2D eigenvalue weighted by Crippen LogP contribution is -2.03. The van der Waals surface area contributed by atoms with Crippen molar-refractivity contribution in [2.45, 2.75) is 13.3 Å². The van der Waals surface area contributed by atoms with Gasteiger partial charge in [-0.05, 0) is 31.0 Å². The first-order valence-corrected chi connectivity index (χ1v) is 7.24. The Hall–Kier alpha value is -1.52. The van der Waals surface area contributed by atoms with Crippen molar-refractivity contribution >= 4 is 35.4 Å². The fourth-order valence-electron chi connectivity index (χ4n) is 2.31. The minimum atomic E-state index is -0.217. The molecule has 0 bridgehead atoms. The van der Waals surface area contributed by atoms with E-state index in [1.165, 1.54) is 27.3 Å². The van der Waals surface area contributed by atoms with Gasteiger partial charge in [-0.15, -0.1) is 23.7 Å². The Bertz CT molecular complexity index is 624. The largest absolute Gasteiger partial charge is 0.462 e. The monoisotopic (exact) mass is 309 g/mol. The maximum absolute atomic E-state index is 11.8. The fraction of sp³-hybridized carbons (Fsp3) is 0.267. The van der Waals surface area contributed by atoms with Crippen LogP contribution in [0.3, 0.4) is 0 Å².